The largest absolute Gasteiger partial charge is 0.456 e. The molecule has 10 rings (SSSR count). The summed E-state index contributed by atoms with van der Waals surface area (Å²) in [5, 5.41) is 2.33. The van der Waals surface area contributed by atoms with E-state index in [4.69, 9.17) is 4.74 Å². The monoisotopic (exact) mass is 689 g/mol. The van der Waals surface area contributed by atoms with Crippen LogP contribution in [-0.2, 0) is 0 Å². The molecule has 0 fully saturated rings. The lowest BCUT2D eigenvalue weighted by Crippen LogP contribution is -2.13. The van der Waals surface area contributed by atoms with Crippen LogP contribution in [0, 0.1) is 0 Å². The van der Waals surface area contributed by atoms with E-state index >= 15 is 0 Å². The van der Waals surface area contributed by atoms with Crippen molar-refractivity contribution in [2.24, 2.45) is 0 Å². The molecule has 54 heavy (non-hydrogen) atoms. The molecular formula is C52H35NO. The van der Waals surface area contributed by atoms with Gasteiger partial charge < -0.3 is 9.64 Å². The fourth-order valence-corrected chi connectivity index (χ4v) is 7.86. The van der Waals surface area contributed by atoms with Gasteiger partial charge in [-0.05, 0) is 98.2 Å². The molecule has 254 valence electrons. The van der Waals surface area contributed by atoms with Crippen molar-refractivity contribution in [3.8, 4) is 67.1 Å². The molecule has 0 saturated heterocycles. The number of nitrogens with zero attached hydrogens (tertiary/aromatic N) is 1. The van der Waals surface area contributed by atoms with Crippen LogP contribution in [0.15, 0.2) is 212 Å². The lowest BCUT2D eigenvalue weighted by Gasteiger charge is -2.30. The molecule has 2 heteroatoms. The lowest BCUT2D eigenvalue weighted by molar-refractivity contribution is 0.488. The minimum Gasteiger partial charge on any atom is -0.456 e. The zero-order chi connectivity index (χ0) is 35.8. The van der Waals surface area contributed by atoms with Crippen molar-refractivity contribution in [3.63, 3.8) is 0 Å². The van der Waals surface area contributed by atoms with Crippen molar-refractivity contribution in [2.45, 2.75) is 0 Å². The van der Waals surface area contributed by atoms with E-state index in [1.807, 2.05) is 0 Å². The number of para-hydroxylation sites is 1. The van der Waals surface area contributed by atoms with Crippen molar-refractivity contribution in [3.05, 3.63) is 212 Å². The highest BCUT2D eigenvalue weighted by Crippen LogP contribution is 2.54. The Balaban J connectivity index is 1.26. The van der Waals surface area contributed by atoms with Gasteiger partial charge in [-0.3, -0.25) is 0 Å². The van der Waals surface area contributed by atoms with Gasteiger partial charge in [0.15, 0.2) is 0 Å². The maximum Gasteiger partial charge on any atom is 0.137 e. The van der Waals surface area contributed by atoms with Gasteiger partial charge in [0.2, 0.25) is 0 Å². The van der Waals surface area contributed by atoms with Crippen LogP contribution in [0.5, 0.6) is 11.5 Å². The van der Waals surface area contributed by atoms with Gasteiger partial charge >= 0.3 is 0 Å². The lowest BCUT2D eigenvalue weighted by atomic mass is 9.89. The Morgan fingerprint density at radius 1 is 0.296 bits per heavy atom. The molecule has 0 N–H and O–H groups in total. The van der Waals surface area contributed by atoms with Gasteiger partial charge in [0.1, 0.15) is 11.5 Å². The summed E-state index contributed by atoms with van der Waals surface area (Å²) in [7, 11) is 0. The molecule has 0 unspecified atom stereocenters. The Kier molecular flexibility index (Phi) is 7.85. The summed E-state index contributed by atoms with van der Waals surface area (Å²) in [5.41, 5.74) is 14.5. The van der Waals surface area contributed by atoms with E-state index in [1.165, 1.54) is 22.1 Å². The van der Waals surface area contributed by atoms with E-state index in [-0.39, 0.29) is 0 Å². The Bertz CT molecular complexity index is 2770. The number of benzene rings is 9. The molecule has 0 aliphatic carbocycles. The molecule has 2 nitrogen and oxygen atoms in total. The number of rotatable bonds is 6. The second-order valence-electron chi connectivity index (χ2n) is 13.7. The Hall–Kier alpha value is -7.16. The molecule has 1 aliphatic heterocycles. The van der Waals surface area contributed by atoms with Gasteiger partial charge in [-0.2, -0.15) is 0 Å². The normalized spacial score (nSPS) is 11.5. The number of hydrogen-bond acceptors (Lipinski definition) is 2. The van der Waals surface area contributed by atoms with E-state index in [1.54, 1.807) is 0 Å². The number of fused-ring (bicyclic) bond motifs is 6. The topological polar surface area (TPSA) is 12.5 Å². The van der Waals surface area contributed by atoms with Gasteiger partial charge in [-0.1, -0.05) is 164 Å². The molecule has 0 bridgehead atoms. The highest BCUT2D eigenvalue weighted by molar-refractivity contribution is 6.03. The van der Waals surface area contributed by atoms with E-state index in [0.717, 1.165) is 72.9 Å². The second kappa shape index (κ2) is 13.4. The minimum atomic E-state index is 0.816. The predicted octanol–water partition coefficient (Wildman–Crippen LogP) is 14.8. The van der Waals surface area contributed by atoms with Crippen LogP contribution in [-0.4, -0.2) is 0 Å². The van der Waals surface area contributed by atoms with E-state index in [0.29, 0.717) is 0 Å². The molecule has 0 radical (unpaired) electrons. The van der Waals surface area contributed by atoms with Crippen LogP contribution in [0.1, 0.15) is 0 Å². The van der Waals surface area contributed by atoms with Crippen molar-refractivity contribution in [1.82, 2.24) is 0 Å². The Labute approximate surface area is 315 Å². The summed E-state index contributed by atoms with van der Waals surface area (Å²) < 4.78 is 7.07. The highest BCUT2D eigenvalue weighted by atomic mass is 16.5. The maximum atomic E-state index is 7.07. The maximum absolute atomic E-state index is 7.07. The molecule has 1 heterocycles. The molecule has 1 aliphatic rings. The van der Waals surface area contributed by atoms with Gasteiger partial charge in [0.25, 0.3) is 0 Å². The first kappa shape index (κ1) is 31.6. The molecular weight excluding hydrogens is 655 g/mol. The molecule has 0 amide bonds. The first-order chi connectivity index (χ1) is 26.8. The van der Waals surface area contributed by atoms with Crippen molar-refractivity contribution >= 4 is 27.8 Å². The van der Waals surface area contributed by atoms with E-state index in [9.17, 15) is 0 Å². The molecule has 0 aromatic heterocycles. The number of anilines is 3. The number of ether oxygens (including phenoxy) is 1. The summed E-state index contributed by atoms with van der Waals surface area (Å²) >= 11 is 0. The average molecular weight is 690 g/mol. The zero-order valence-electron chi connectivity index (χ0n) is 29.6. The summed E-state index contributed by atoms with van der Waals surface area (Å²) in [6, 6.07) is 75.8. The van der Waals surface area contributed by atoms with Gasteiger partial charge in [-0.25, -0.2) is 0 Å². The van der Waals surface area contributed by atoms with Crippen LogP contribution in [0.4, 0.5) is 17.1 Å². The summed E-state index contributed by atoms with van der Waals surface area (Å²) in [5.74, 6) is 1.66. The average Bonchev–Trinajstić information content (AvgIpc) is 3.38. The second-order valence-corrected chi connectivity index (χ2v) is 13.7. The standard InChI is InChI=1S/C52H35NO/c1-4-15-36(16-5-1)38-27-30-43(31-28-38)53(48-24-13-12-23-44(48)39-19-8-3-9-20-39)49-25-14-26-50-52(49)47-34-42(37-17-6-2-7-18-37)29-32-45(47)46-33-40-21-10-11-22-41(40)35-51(46)54-50/h1-35H. The van der Waals surface area contributed by atoms with E-state index in [2.05, 4.69) is 217 Å². The summed E-state index contributed by atoms with van der Waals surface area (Å²) in [4.78, 5) is 2.41. The predicted molar refractivity (Wildman–Crippen MR) is 226 cm³/mol. The zero-order valence-corrected chi connectivity index (χ0v) is 29.6. The van der Waals surface area contributed by atoms with Crippen LogP contribution in [0.3, 0.4) is 0 Å². The van der Waals surface area contributed by atoms with Crippen molar-refractivity contribution in [1.29, 1.82) is 0 Å². The van der Waals surface area contributed by atoms with Gasteiger partial charge in [0, 0.05) is 22.4 Å². The van der Waals surface area contributed by atoms with Gasteiger partial charge in [-0.15, -0.1) is 0 Å². The summed E-state index contributed by atoms with van der Waals surface area (Å²) in [6.45, 7) is 0. The quantitative estimate of drug-likeness (QED) is 0.172. The third-order valence-electron chi connectivity index (χ3n) is 10.5. The van der Waals surface area contributed by atoms with Crippen LogP contribution in [0.25, 0.3) is 66.4 Å². The van der Waals surface area contributed by atoms with Crippen LogP contribution >= 0.6 is 0 Å². The molecule has 9 aromatic rings. The first-order valence-corrected chi connectivity index (χ1v) is 18.4. The third kappa shape index (κ3) is 5.62. The number of hydrogen-bond donors (Lipinski definition) is 0. The summed E-state index contributed by atoms with van der Waals surface area (Å²) in [6.07, 6.45) is 0. The SMILES string of the molecule is c1ccc(-c2ccc(N(c3ccccc3-c3ccccc3)c3cccc4c3-c3cc(-c5ccccc5)ccc3-c3cc5ccccc5cc3O4)cc2)cc1. The highest BCUT2D eigenvalue weighted by Gasteiger charge is 2.28. The minimum absolute atomic E-state index is 0.816. The van der Waals surface area contributed by atoms with Crippen LogP contribution < -0.4 is 9.64 Å². The molecule has 0 atom stereocenters. The van der Waals surface area contributed by atoms with Crippen molar-refractivity contribution < 1.29 is 4.74 Å². The van der Waals surface area contributed by atoms with E-state index < -0.39 is 0 Å². The molecule has 0 spiro atoms. The fourth-order valence-electron chi connectivity index (χ4n) is 7.86. The van der Waals surface area contributed by atoms with Crippen molar-refractivity contribution in [2.75, 3.05) is 4.90 Å². The van der Waals surface area contributed by atoms with Crippen LogP contribution in [0.2, 0.25) is 0 Å². The Morgan fingerprint density at radius 3 is 1.57 bits per heavy atom. The Morgan fingerprint density at radius 2 is 0.852 bits per heavy atom. The molecule has 9 aromatic carbocycles. The first-order valence-electron chi connectivity index (χ1n) is 18.4. The van der Waals surface area contributed by atoms with Gasteiger partial charge in [0.05, 0.1) is 11.4 Å². The smallest absolute Gasteiger partial charge is 0.137 e. The fraction of sp³-hybridized carbons (Fsp3) is 0. The third-order valence-corrected chi connectivity index (χ3v) is 10.5. The molecule has 0 saturated carbocycles.